The Morgan fingerprint density at radius 2 is 1.00 bits per heavy atom. The van der Waals surface area contributed by atoms with E-state index in [-0.39, 0.29) is 11.8 Å². The summed E-state index contributed by atoms with van der Waals surface area (Å²) in [5.74, 6) is -1.43. The normalized spacial score (nSPS) is 17.7. The van der Waals surface area contributed by atoms with Crippen molar-refractivity contribution in [3.8, 4) is 0 Å². The molecule has 1 saturated carbocycles. The summed E-state index contributed by atoms with van der Waals surface area (Å²) in [6.45, 7) is 3.96. The lowest BCUT2D eigenvalue weighted by atomic mass is 10.1. The van der Waals surface area contributed by atoms with Crippen LogP contribution < -0.4 is 10.6 Å². The molecule has 1 aliphatic carbocycles. The van der Waals surface area contributed by atoms with Gasteiger partial charge in [-0.2, -0.15) is 0 Å². The van der Waals surface area contributed by atoms with Gasteiger partial charge in [-0.3, -0.25) is 9.59 Å². The maximum atomic E-state index is 12.9. The van der Waals surface area contributed by atoms with E-state index < -0.39 is 11.8 Å². The SMILES string of the molecule is C=C1[C@H](C(=O)Nc2cccc3ccccc23)[C@@H]1C(=O)Nc1cccc2ccccc12. The van der Waals surface area contributed by atoms with Gasteiger partial charge in [-0.25, -0.2) is 0 Å². The molecule has 2 N–H and O–H groups in total. The van der Waals surface area contributed by atoms with Gasteiger partial charge in [0.15, 0.2) is 0 Å². The van der Waals surface area contributed by atoms with E-state index in [1.807, 2.05) is 84.9 Å². The Balaban J connectivity index is 1.33. The van der Waals surface area contributed by atoms with Gasteiger partial charge in [0.25, 0.3) is 0 Å². The first-order valence-electron chi connectivity index (χ1n) is 9.89. The standard InChI is InChI=1S/C26H20N2O2/c1-16-23(25(29)27-21-14-6-10-17-8-2-4-12-19(17)21)24(16)26(30)28-22-15-7-11-18-9-3-5-13-20(18)22/h2-15,23-24H,1H2,(H,27,29)(H,28,30)/t23-,24+. The second-order valence-corrected chi connectivity index (χ2v) is 7.56. The molecule has 0 spiro atoms. The summed E-state index contributed by atoms with van der Waals surface area (Å²) in [4.78, 5) is 25.7. The third-order valence-corrected chi connectivity index (χ3v) is 5.68. The zero-order valence-electron chi connectivity index (χ0n) is 16.3. The van der Waals surface area contributed by atoms with E-state index in [4.69, 9.17) is 0 Å². The molecule has 0 bridgehead atoms. The Labute approximate surface area is 174 Å². The number of fused-ring (bicyclic) bond motifs is 2. The number of carbonyl (C=O) groups is 2. The van der Waals surface area contributed by atoms with Gasteiger partial charge in [0, 0.05) is 22.1 Å². The Kier molecular flexibility index (Phi) is 4.32. The van der Waals surface area contributed by atoms with Gasteiger partial charge in [0.05, 0.1) is 11.8 Å². The predicted molar refractivity (Wildman–Crippen MR) is 121 cm³/mol. The summed E-state index contributed by atoms with van der Waals surface area (Å²) in [6, 6.07) is 27.3. The molecule has 4 aromatic carbocycles. The number of nitrogens with one attached hydrogen (secondary N) is 2. The number of amides is 2. The van der Waals surface area contributed by atoms with Crippen molar-refractivity contribution in [3.05, 3.63) is 97.1 Å². The van der Waals surface area contributed by atoms with Crippen LogP contribution in [0, 0.1) is 11.8 Å². The van der Waals surface area contributed by atoms with Crippen LogP contribution in [-0.4, -0.2) is 11.8 Å². The fourth-order valence-corrected chi connectivity index (χ4v) is 4.04. The molecule has 146 valence electrons. The van der Waals surface area contributed by atoms with E-state index >= 15 is 0 Å². The number of anilines is 2. The molecule has 0 aromatic heterocycles. The van der Waals surface area contributed by atoms with E-state index in [1.165, 1.54) is 0 Å². The van der Waals surface area contributed by atoms with Crippen molar-refractivity contribution < 1.29 is 9.59 Å². The lowest BCUT2D eigenvalue weighted by Crippen LogP contribution is -2.20. The zero-order chi connectivity index (χ0) is 20.7. The van der Waals surface area contributed by atoms with Gasteiger partial charge in [0.2, 0.25) is 11.8 Å². The minimum atomic E-state index is -0.515. The van der Waals surface area contributed by atoms with Crippen LogP contribution in [0.1, 0.15) is 0 Å². The molecule has 2 atom stereocenters. The predicted octanol–water partition coefficient (Wildman–Crippen LogP) is 5.37. The van der Waals surface area contributed by atoms with Crippen molar-refractivity contribution >= 4 is 44.7 Å². The van der Waals surface area contributed by atoms with E-state index in [0.29, 0.717) is 5.57 Å². The average Bonchev–Trinajstić information content (AvgIpc) is 3.45. The highest BCUT2D eigenvalue weighted by atomic mass is 16.2. The fourth-order valence-electron chi connectivity index (χ4n) is 4.04. The highest BCUT2D eigenvalue weighted by Gasteiger charge is 2.52. The Morgan fingerprint density at radius 3 is 1.47 bits per heavy atom. The van der Waals surface area contributed by atoms with Crippen LogP contribution >= 0.6 is 0 Å². The van der Waals surface area contributed by atoms with Gasteiger partial charge in [-0.05, 0) is 22.9 Å². The van der Waals surface area contributed by atoms with Crippen LogP contribution in [0.25, 0.3) is 21.5 Å². The van der Waals surface area contributed by atoms with Gasteiger partial charge in [-0.1, -0.05) is 84.9 Å². The first-order chi connectivity index (χ1) is 14.6. The largest absolute Gasteiger partial charge is 0.325 e. The van der Waals surface area contributed by atoms with Gasteiger partial charge in [0.1, 0.15) is 0 Å². The van der Waals surface area contributed by atoms with Crippen molar-refractivity contribution in [2.45, 2.75) is 0 Å². The minimum Gasteiger partial charge on any atom is -0.325 e. The molecule has 1 fully saturated rings. The third-order valence-electron chi connectivity index (χ3n) is 5.68. The summed E-state index contributed by atoms with van der Waals surface area (Å²) >= 11 is 0. The van der Waals surface area contributed by atoms with Crippen LogP contribution in [0.2, 0.25) is 0 Å². The third kappa shape index (κ3) is 3.12. The van der Waals surface area contributed by atoms with E-state index in [0.717, 1.165) is 32.9 Å². The molecule has 0 heterocycles. The van der Waals surface area contributed by atoms with Crippen molar-refractivity contribution in [2.75, 3.05) is 10.6 Å². The molecule has 4 aromatic rings. The van der Waals surface area contributed by atoms with Crippen LogP contribution in [0.15, 0.2) is 97.1 Å². The van der Waals surface area contributed by atoms with Crippen LogP contribution in [0.3, 0.4) is 0 Å². The van der Waals surface area contributed by atoms with E-state index in [2.05, 4.69) is 17.2 Å². The molecule has 0 unspecified atom stereocenters. The number of carbonyl (C=O) groups excluding carboxylic acids is 2. The Morgan fingerprint density at radius 1 is 0.600 bits per heavy atom. The van der Waals surface area contributed by atoms with E-state index in [1.54, 1.807) is 0 Å². The second kappa shape index (κ2) is 7.16. The van der Waals surface area contributed by atoms with Crippen LogP contribution in [0.5, 0.6) is 0 Å². The minimum absolute atomic E-state index is 0.200. The zero-order valence-corrected chi connectivity index (χ0v) is 16.3. The molecular formula is C26H20N2O2. The summed E-state index contributed by atoms with van der Waals surface area (Å²) in [5.41, 5.74) is 2.13. The Hall–Kier alpha value is -3.92. The maximum absolute atomic E-state index is 12.9. The molecule has 0 radical (unpaired) electrons. The number of benzene rings is 4. The van der Waals surface area contributed by atoms with Gasteiger partial charge >= 0.3 is 0 Å². The molecule has 30 heavy (non-hydrogen) atoms. The summed E-state index contributed by atoms with van der Waals surface area (Å²) in [5, 5.41) is 9.99. The van der Waals surface area contributed by atoms with Crippen molar-refractivity contribution in [3.63, 3.8) is 0 Å². The van der Waals surface area contributed by atoms with Crippen molar-refractivity contribution in [2.24, 2.45) is 11.8 Å². The number of hydrogen-bond acceptors (Lipinski definition) is 2. The summed E-state index contributed by atoms with van der Waals surface area (Å²) in [7, 11) is 0. The number of hydrogen-bond donors (Lipinski definition) is 2. The van der Waals surface area contributed by atoms with Crippen molar-refractivity contribution in [1.82, 2.24) is 0 Å². The Bertz CT molecular complexity index is 1210. The smallest absolute Gasteiger partial charge is 0.232 e. The summed E-state index contributed by atoms with van der Waals surface area (Å²) in [6.07, 6.45) is 0. The maximum Gasteiger partial charge on any atom is 0.232 e. The second-order valence-electron chi connectivity index (χ2n) is 7.56. The molecule has 4 nitrogen and oxygen atoms in total. The molecule has 0 aliphatic heterocycles. The molecular weight excluding hydrogens is 372 g/mol. The molecule has 1 aliphatic rings. The monoisotopic (exact) mass is 392 g/mol. The molecule has 0 saturated heterocycles. The van der Waals surface area contributed by atoms with Crippen LogP contribution in [0.4, 0.5) is 11.4 Å². The molecule has 5 rings (SSSR count). The average molecular weight is 392 g/mol. The van der Waals surface area contributed by atoms with Gasteiger partial charge < -0.3 is 10.6 Å². The number of rotatable bonds is 4. The first kappa shape index (κ1) is 18.1. The van der Waals surface area contributed by atoms with Gasteiger partial charge in [-0.15, -0.1) is 0 Å². The lowest BCUT2D eigenvalue weighted by molar-refractivity contribution is -0.122. The topological polar surface area (TPSA) is 58.2 Å². The molecule has 4 heteroatoms. The van der Waals surface area contributed by atoms with Crippen LogP contribution in [-0.2, 0) is 9.59 Å². The van der Waals surface area contributed by atoms with E-state index in [9.17, 15) is 9.59 Å². The fraction of sp³-hybridized carbons (Fsp3) is 0.0769. The lowest BCUT2D eigenvalue weighted by Gasteiger charge is -2.09. The molecule has 2 amide bonds. The quantitative estimate of drug-likeness (QED) is 0.459. The first-order valence-corrected chi connectivity index (χ1v) is 9.89. The van der Waals surface area contributed by atoms with Crippen molar-refractivity contribution in [1.29, 1.82) is 0 Å². The summed E-state index contributed by atoms with van der Waals surface area (Å²) < 4.78 is 0. The highest BCUT2D eigenvalue weighted by molar-refractivity contribution is 6.12. The highest BCUT2D eigenvalue weighted by Crippen LogP contribution is 2.46.